The van der Waals surface area contributed by atoms with Gasteiger partial charge in [0.1, 0.15) is 5.82 Å². The van der Waals surface area contributed by atoms with Crippen LogP contribution in [-0.2, 0) is 0 Å². The molecule has 17 heavy (non-hydrogen) atoms. The highest BCUT2D eigenvalue weighted by Gasteiger charge is 2.20. The summed E-state index contributed by atoms with van der Waals surface area (Å²) in [5.74, 6) is 0.320. The highest BCUT2D eigenvalue weighted by molar-refractivity contribution is 7.98. The quantitative estimate of drug-likeness (QED) is 0.819. The second kappa shape index (κ2) is 6.33. The highest BCUT2D eigenvalue weighted by Crippen LogP contribution is 2.15. The molecule has 1 aromatic heterocycles. The molecule has 96 valence electrons. The van der Waals surface area contributed by atoms with Gasteiger partial charge in [-0.1, -0.05) is 0 Å². The maximum absolute atomic E-state index is 13.0. The Hall–Kier alpha value is -0.650. The van der Waals surface area contributed by atoms with E-state index < -0.39 is 5.60 Å². The molecule has 0 aromatic carbocycles. The van der Waals surface area contributed by atoms with Gasteiger partial charge in [0, 0.05) is 24.5 Å². The van der Waals surface area contributed by atoms with Crippen LogP contribution in [0.15, 0.2) is 18.5 Å². The topological polar surface area (TPSA) is 45.1 Å². The zero-order chi connectivity index (χ0) is 12.9. The van der Waals surface area contributed by atoms with Crippen molar-refractivity contribution in [1.82, 2.24) is 10.3 Å². The van der Waals surface area contributed by atoms with Gasteiger partial charge in [-0.3, -0.25) is 4.98 Å². The fourth-order valence-corrected chi connectivity index (χ4v) is 2.24. The lowest BCUT2D eigenvalue weighted by Crippen LogP contribution is -2.40. The Morgan fingerprint density at radius 2 is 2.29 bits per heavy atom. The van der Waals surface area contributed by atoms with Crippen LogP contribution in [0.2, 0.25) is 0 Å². The first-order chi connectivity index (χ1) is 7.94. The molecule has 0 spiro atoms. The molecule has 0 amide bonds. The van der Waals surface area contributed by atoms with Gasteiger partial charge >= 0.3 is 0 Å². The molecule has 1 heterocycles. The van der Waals surface area contributed by atoms with Gasteiger partial charge in [-0.25, -0.2) is 4.39 Å². The van der Waals surface area contributed by atoms with Crippen molar-refractivity contribution in [1.29, 1.82) is 0 Å². The van der Waals surface area contributed by atoms with Gasteiger partial charge < -0.3 is 10.4 Å². The first kappa shape index (κ1) is 14.4. The molecule has 0 saturated carbocycles. The van der Waals surface area contributed by atoms with Gasteiger partial charge in [-0.15, -0.1) is 0 Å². The summed E-state index contributed by atoms with van der Waals surface area (Å²) >= 11 is 1.60. The van der Waals surface area contributed by atoms with Crippen molar-refractivity contribution in [2.75, 3.05) is 18.6 Å². The number of pyridine rings is 1. The number of hydrogen-bond acceptors (Lipinski definition) is 4. The molecule has 0 radical (unpaired) electrons. The number of aromatic nitrogens is 1. The maximum Gasteiger partial charge on any atom is 0.141 e. The lowest BCUT2D eigenvalue weighted by atomic mass is 10.1. The molecule has 2 N–H and O–H groups in total. The molecule has 1 rings (SSSR count). The van der Waals surface area contributed by atoms with Crippen molar-refractivity contribution >= 4 is 11.8 Å². The van der Waals surface area contributed by atoms with E-state index in [9.17, 15) is 9.50 Å². The molecule has 0 aliphatic heterocycles. The minimum atomic E-state index is -0.756. The third-order valence-corrected chi connectivity index (χ3v) is 3.38. The third kappa shape index (κ3) is 5.02. The molecule has 0 bridgehead atoms. The predicted molar refractivity (Wildman–Crippen MR) is 69.6 cm³/mol. The first-order valence-electron chi connectivity index (χ1n) is 5.50. The average molecular weight is 258 g/mol. The number of thioether (sulfide) groups is 1. The van der Waals surface area contributed by atoms with Gasteiger partial charge in [0.15, 0.2) is 0 Å². The number of nitrogens with one attached hydrogen (secondary N) is 1. The fraction of sp³-hybridized carbons (Fsp3) is 0.583. The van der Waals surface area contributed by atoms with Crippen molar-refractivity contribution in [2.24, 2.45) is 0 Å². The molecule has 0 aliphatic rings. The Bertz CT molecular complexity index is 360. The van der Waals surface area contributed by atoms with Crippen LogP contribution in [0.25, 0.3) is 0 Å². The number of nitrogens with zero attached hydrogens (tertiary/aromatic N) is 1. The summed E-state index contributed by atoms with van der Waals surface area (Å²) < 4.78 is 13.0. The van der Waals surface area contributed by atoms with E-state index in [1.807, 2.05) is 13.2 Å². The molecule has 1 aromatic rings. The Labute approximate surface area is 106 Å². The van der Waals surface area contributed by atoms with Crippen molar-refractivity contribution in [2.45, 2.75) is 25.5 Å². The number of hydrogen-bond donors (Lipinski definition) is 2. The second-order valence-corrected chi connectivity index (χ2v) is 5.34. The molecule has 2 atom stereocenters. The van der Waals surface area contributed by atoms with Crippen LogP contribution in [0.5, 0.6) is 0 Å². The Morgan fingerprint density at radius 3 is 2.88 bits per heavy atom. The molecule has 3 nitrogen and oxygen atoms in total. The smallest absolute Gasteiger partial charge is 0.141 e. The van der Waals surface area contributed by atoms with Crippen molar-refractivity contribution in [3.05, 3.63) is 29.8 Å². The summed E-state index contributed by atoms with van der Waals surface area (Å²) in [6.45, 7) is 4.17. The molecule has 2 unspecified atom stereocenters. The van der Waals surface area contributed by atoms with E-state index >= 15 is 0 Å². The van der Waals surface area contributed by atoms with Gasteiger partial charge in [-0.2, -0.15) is 11.8 Å². The summed E-state index contributed by atoms with van der Waals surface area (Å²) in [6.07, 6.45) is 4.76. The standard InChI is InChI=1S/C12H19FN2OS/c1-9(10-4-11(13)6-14-5-10)15-7-12(2,16)8-17-3/h4-6,9,15-16H,7-8H2,1-3H3. The largest absolute Gasteiger partial charge is 0.388 e. The molecule has 0 aliphatic carbocycles. The van der Waals surface area contributed by atoms with Crippen LogP contribution < -0.4 is 5.32 Å². The van der Waals surface area contributed by atoms with Crippen LogP contribution >= 0.6 is 11.8 Å². The third-order valence-electron chi connectivity index (χ3n) is 2.47. The molecule has 5 heteroatoms. The van der Waals surface area contributed by atoms with Gasteiger partial charge in [0.2, 0.25) is 0 Å². The van der Waals surface area contributed by atoms with Crippen LogP contribution in [0.4, 0.5) is 4.39 Å². The number of halogens is 1. The fourth-order valence-electron chi connectivity index (χ4n) is 1.52. The van der Waals surface area contributed by atoms with E-state index in [2.05, 4.69) is 10.3 Å². The van der Waals surface area contributed by atoms with E-state index in [0.29, 0.717) is 12.3 Å². The SMILES string of the molecule is CSCC(C)(O)CNC(C)c1cncc(F)c1. The van der Waals surface area contributed by atoms with E-state index in [0.717, 1.165) is 5.56 Å². The van der Waals surface area contributed by atoms with Crippen LogP contribution in [0, 0.1) is 5.82 Å². The molecule has 0 saturated heterocycles. The predicted octanol–water partition coefficient (Wildman–Crippen LogP) is 1.99. The summed E-state index contributed by atoms with van der Waals surface area (Å²) in [5.41, 5.74) is 0.0268. The van der Waals surface area contributed by atoms with Crippen molar-refractivity contribution < 1.29 is 9.50 Å². The summed E-state index contributed by atoms with van der Waals surface area (Å²) in [4.78, 5) is 3.80. The van der Waals surface area contributed by atoms with Crippen molar-refractivity contribution in [3.63, 3.8) is 0 Å². The number of rotatable bonds is 6. The summed E-state index contributed by atoms with van der Waals surface area (Å²) in [5, 5.41) is 13.2. The van der Waals surface area contributed by atoms with Gasteiger partial charge in [-0.05, 0) is 31.7 Å². The van der Waals surface area contributed by atoms with Gasteiger partial charge in [0.05, 0.1) is 11.8 Å². The molecule has 0 fully saturated rings. The Kier molecular flexibility index (Phi) is 5.36. The monoisotopic (exact) mass is 258 g/mol. The Balaban J connectivity index is 2.52. The normalized spacial score (nSPS) is 16.5. The van der Waals surface area contributed by atoms with E-state index in [-0.39, 0.29) is 11.9 Å². The number of aliphatic hydroxyl groups is 1. The van der Waals surface area contributed by atoms with Crippen molar-refractivity contribution in [3.8, 4) is 0 Å². The summed E-state index contributed by atoms with van der Waals surface area (Å²) in [6, 6.07) is 1.42. The highest BCUT2D eigenvalue weighted by atomic mass is 32.2. The minimum Gasteiger partial charge on any atom is -0.388 e. The van der Waals surface area contributed by atoms with Crippen LogP contribution in [-0.4, -0.2) is 34.2 Å². The zero-order valence-electron chi connectivity index (χ0n) is 10.4. The lowest BCUT2D eigenvalue weighted by Gasteiger charge is -2.25. The maximum atomic E-state index is 13.0. The summed E-state index contributed by atoms with van der Waals surface area (Å²) in [7, 11) is 0. The van der Waals surface area contributed by atoms with E-state index in [1.54, 1.807) is 24.9 Å². The van der Waals surface area contributed by atoms with Crippen LogP contribution in [0.3, 0.4) is 0 Å². The lowest BCUT2D eigenvalue weighted by molar-refractivity contribution is 0.0820. The first-order valence-corrected chi connectivity index (χ1v) is 6.89. The van der Waals surface area contributed by atoms with E-state index in [4.69, 9.17) is 0 Å². The average Bonchev–Trinajstić information content (AvgIpc) is 2.26. The zero-order valence-corrected chi connectivity index (χ0v) is 11.2. The van der Waals surface area contributed by atoms with Gasteiger partial charge in [0.25, 0.3) is 0 Å². The second-order valence-electron chi connectivity index (χ2n) is 4.47. The Morgan fingerprint density at radius 1 is 1.59 bits per heavy atom. The molecular formula is C12H19FN2OS. The molecular weight excluding hydrogens is 239 g/mol. The van der Waals surface area contributed by atoms with E-state index in [1.165, 1.54) is 12.3 Å². The van der Waals surface area contributed by atoms with Crippen LogP contribution in [0.1, 0.15) is 25.5 Å². The minimum absolute atomic E-state index is 0.0356.